The summed E-state index contributed by atoms with van der Waals surface area (Å²) in [4.78, 5) is 0. The Balaban J connectivity index is 2.45. The van der Waals surface area contributed by atoms with E-state index in [1.165, 1.54) is 0 Å². The summed E-state index contributed by atoms with van der Waals surface area (Å²) in [6, 6.07) is 6.25. The summed E-state index contributed by atoms with van der Waals surface area (Å²) in [5.41, 5.74) is 1.16. The Hall–Kier alpha value is -0.730. The molecule has 0 saturated heterocycles. The van der Waals surface area contributed by atoms with Crippen molar-refractivity contribution in [1.82, 2.24) is 5.32 Å². The maximum atomic E-state index is 6.08. The number of rotatable bonds is 1. The fraction of sp³-hybridized carbons (Fsp3) is 0.455. The Morgan fingerprint density at radius 1 is 1.50 bits per heavy atom. The largest absolute Gasteiger partial charge is 0.489 e. The lowest BCUT2D eigenvalue weighted by Crippen LogP contribution is -2.29. The van der Waals surface area contributed by atoms with E-state index >= 15 is 0 Å². The third-order valence-corrected chi connectivity index (χ3v) is 2.91. The number of ether oxygens (including phenoxy) is 1. The van der Waals surface area contributed by atoms with Crippen LogP contribution in [0.1, 0.15) is 24.9 Å². The van der Waals surface area contributed by atoms with Crippen LogP contribution in [-0.4, -0.2) is 13.2 Å². The first-order chi connectivity index (χ1) is 6.72. The number of fused-ring (bicyclic) bond motifs is 1. The predicted octanol–water partition coefficient (Wildman–Crippen LogP) is 2.77. The molecule has 2 atom stereocenters. The van der Waals surface area contributed by atoms with Crippen LogP contribution in [0.15, 0.2) is 18.2 Å². The molecule has 0 radical (unpaired) electrons. The molecular weight excluding hydrogens is 198 g/mol. The van der Waals surface area contributed by atoms with Crippen LogP contribution in [0.25, 0.3) is 0 Å². The topological polar surface area (TPSA) is 21.3 Å². The van der Waals surface area contributed by atoms with Crippen molar-refractivity contribution in [2.45, 2.75) is 25.5 Å². The standard InChI is InChI=1S/C11H14ClNO/c1-7-6-10(13-2)8-4-3-5-9(12)11(8)14-7/h3-5,7,10,13H,6H2,1-2H3. The normalized spacial score (nSPS) is 25.4. The second-order valence-corrected chi connectivity index (χ2v) is 4.07. The van der Waals surface area contributed by atoms with Crippen molar-refractivity contribution in [3.05, 3.63) is 28.8 Å². The number of benzene rings is 1. The van der Waals surface area contributed by atoms with Gasteiger partial charge in [0.05, 0.1) is 11.1 Å². The van der Waals surface area contributed by atoms with Gasteiger partial charge in [-0.05, 0) is 20.0 Å². The molecule has 1 aliphatic heterocycles. The van der Waals surface area contributed by atoms with Crippen LogP contribution in [-0.2, 0) is 0 Å². The first kappa shape index (κ1) is 9.81. The lowest BCUT2D eigenvalue weighted by atomic mass is 9.97. The van der Waals surface area contributed by atoms with Gasteiger partial charge in [0.1, 0.15) is 5.75 Å². The van der Waals surface area contributed by atoms with Crippen molar-refractivity contribution in [3.8, 4) is 5.75 Å². The molecule has 1 heterocycles. The van der Waals surface area contributed by atoms with Crippen LogP contribution >= 0.6 is 11.6 Å². The summed E-state index contributed by atoms with van der Waals surface area (Å²) < 4.78 is 5.72. The van der Waals surface area contributed by atoms with E-state index in [9.17, 15) is 0 Å². The summed E-state index contributed by atoms with van der Waals surface area (Å²) in [7, 11) is 1.97. The molecular formula is C11H14ClNO. The van der Waals surface area contributed by atoms with E-state index in [-0.39, 0.29) is 6.10 Å². The smallest absolute Gasteiger partial charge is 0.143 e. The van der Waals surface area contributed by atoms with Gasteiger partial charge in [0.2, 0.25) is 0 Å². The molecule has 0 saturated carbocycles. The summed E-state index contributed by atoms with van der Waals surface area (Å²) in [5.74, 6) is 0.840. The van der Waals surface area contributed by atoms with Crippen LogP contribution < -0.4 is 10.1 Å². The van der Waals surface area contributed by atoms with Crippen molar-refractivity contribution >= 4 is 11.6 Å². The first-order valence-corrected chi connectivity index (χ1v) is 5.22. The fourth-order valence-electron chi connectivity index (χ4n) is 1.91. The van der Waals surface area contributed by atoms with E-state index in [2.05, 4.69) is 18.3 Å². The molecule has 1 aliphatic rings. The molecule has 0 aliphatic carbocycles. The average Bonchev–Trinajstić information content (AvgIpc) is 2.18. The van der Waals surface area contributed by atoms with Gasteiger partial charge >= 0.3 is 0 Å². The Bertz CT molecular complexity index is 340. The second-order valence-electron chi connectivity index (χ2n) is 3.66. The van der Waals surface area contributed by atoms with Gasteiger partial charge in [0.25, 0.3) is 0 Å². The molecule has 3 heteroatoms. The highest BCUT2D eigenvalue weighted by molar-refractivity contribution is 6.32. The van der Waals surface area contributed by atoms with Crippen molar-refractivity contribution in [1.29, 1.82) is 0 Å². The SMILES string of the molecule is CNC1CC(C)Oc2c(Cl)cccc21. The molecule has 1 aromatic carbocycles. The number of halogens is 1. The minimum atomic E-state index is 0.222. The van der Waals surface area contributed by atoms with E-state index in [1.54, 1.807) is 0 Å². The Labute approximate surface area is 89.2 Å². The quantitative estimate of drug-likeness (QED) is 0.772. The molecule has 14 heavy (non-hydrogen) atoms. The van der Waals surface area contributed by atoms with E-state index in [0.29, 0.717) is 11.1 Å². The van der Waals surface area contributed by atoms with Crippen LogP contribution in [0.5, 0.6) is 5.75 Å². The van der Waals surface area contributed by atoms with E-state index in [4.69, 9.17) is 16.3 Å². The zero-order valence-corrected chi connectivity index (χ0v) is 9.14. The van der Waals surface area contributed by atoms with Gasteiger partial charge in [-0.1, -0.05) is 23.7 Å². The monoisotopic (exact) mass is 211 g/mol. The van der Waals surface area contributed by atoms with Gasteiger partial charge < -0.3 is 10.1 Å². The zero-order valence-electron chi connectivity index (χ0n) is 8.38. The molecule has 2 rings (SSSR count). The lowest BCUT2D eigenvalue weighted by Gasteiger charge is -2.30. The Morgan fingerprint density at radius 2 is 2.29 bits per heavy atom. The summed E-state index contributed by atoms with van der Waals surface area (Å²) in [6.07, 6.45) is 1.21. The Kier molecular flexibility index (Phi) is 2.66. The van der Waals surface area contributed by atoms with E-state index in [1.807, 2.05) is 19.2 Å². The number of nitrogens with one attached hydrogen (secondary N) is 1. The maximum Gasteiger partial charge on any atom is 0.143 e. The molecule has 2 unspecified atom stereocenters. The zero-order chi connectivity index (χ0) is 10.1. The maximum absolute atomic E-state index is 6.08. The van der Waals surface area contributed by atoms with E-state index in [0.717, 1.165) is 17.7 Å². The van der Waals surface area contributed by atoms with Crippen molar-refractivity contribution in [2.24, 2.45) is 0 Å². The number of hydrogen-bond donors (Lipinski definition) is 1. The molecule has 2 nitrogen and oxygen atoms in total. The van der Waals surface area contributed by atoms with Gasteiger partial charge in [-0.15, -0.1) is 0 Å². The van der Waals surface area contributed by atoms with Crippen LogP contribution in [0.4, 0.5) is 0 Å². The van der Waals surface area contributed by atoms with Gasteiger partial charge in [0, 0.05) is 18.0 Å². The van der Waals surface area contributed by atoms with Gasteiger partial charge in [-0.25, -0.2) is 0 Å². The van der Waals surface area contributed by atoms with Crippen molar-refractivity contribution in [3.63, 3.8) is 0 Å². The van der Waals surface area contributed by atoms with Gasteiger partial charge in [-0.3, -0.25) is 0 Å². The van der Waals surface area contributed by atoms with Crippen molar-refractivity contribution in [2.75, 3.05) is 7.05 Å². The fourth-order valence-corrected chi connectivity index (χ4v) is 2.13. The molecule has 0 spiro atoms. The summed E-state index contributed by atoms with van der Waals surface area (Å²) in [6.45, 7) is 2.07. The molecule has 1 N–H and O–H groups in total. The number of para-hydroxylation sites is 1. The van der Waals surface area contributed by atoms with Gasteiger partial charge in [0.15, 0.2) is 0 Å². The minimum Gasteiger partial charge on any atom is -0.489 e. The average molecular weight is 212 g/mol. The predicted molar refractivity (Wildman–Crippen MR) is 58.0 cm³/mol. The second kappa shape index (κ2) is 3.79. The molecule has 1 aromatic rings. The highest BCUT2D eigenvalue weighted by atomic mass is 35.5. The minimum absolute atomic E-state index is 0.222. The third kappa shape index (κ3) is 1.60. The molecule has 0 fully saturated rings. The number of hydrogen-bond acceptors (Lipinski definition) is 2. The van der Waals surface area contributed by atoms with Crippen LogP contribution in [0.3, 0.4) is 0 Å². The Morgan fingerprint density at radius 3 is 3.00 bits per heavy atom. The van der Waals surface area contributed by atoms with E-state index < -0.39 is 0 Å². The summed E-state index contributed by atoms with van der Waals surface area (Å²) >= 11 is 6.08. The molecule has 0 aromatic heterocycles. The first-order valence-electron chi connectivity index (χ1n) is 4.84. The summed E-state index contributed by atoms with van der Waals surface area (Å²) in [5, 5.41) is 3.98. The molecule has 0 bridgehead atoms. The van der Waals surface area contributed by atoms with Crippen molar-refractivity contribution < 1.29 is 4.74 Å². The highest BCUT2D eigenvalue weighted by Gasteiger charge is 2.25. The molecule has 0 amide bonds. The van der Waals surface area contributed by atoms with Crippen LogP contribution in [0.2, 0.25) is 5.02 Å². The molecule has 76 valence electrons. The lowest BCUT2D eigenvalue weighted by molar-refractivity contribution is 0.169. The van der Waals surface area contributed by atoms with Crippen LogP contribution in [0, 0.1) is 0 Å². The third-order valence-electron chi connectivity index (χ3n) is 2.61. The highest BCUT2D eigenvalue weighted by Crippen LogP contribution is 2.39. The van der Waals surface area contributed by atoms with Gasteiger partial charge in [-0.2, -0.15) is 0 Å².